The smallest absolute Gasteiger partial charge is 0.315 e. The van der Waals surface area contributed by atoms with Crippen molar-refractivity contribution >= 4 is 11.9 Å². The van der Waals surface area contributed by atoms with Crippen LogP contribution in [0.1, 0.15) is 41.1 Å². The second-order valence-corrected chi connectivity index (χ2v) is 8.65. The standard InChI is InChI=1S/C27H25NO5/c29-25(12-13-26(30)31)28(17-19-10-11-23-24(16-19)33-18-32-23)15-14-20-6-4-5-9-22(20)27(28)21-7-2-1-3-8-21/h1-11,16,27H,12-15,17-18H2/p+1. The van der Waals surface area contributed by atoms with Gasteiger partial charge in [-0.25, -0.2) is 9.28 Å². The minimum atomic E-state index is -0.960. The van der Waals surface area contributed by atoms with Crippen LogP contribution < -0.4 is 9.47 Å². The van der Waals surface area contributed by atoms with E-state index in [-0.39, 0.29) is 36.1 Å². The fraction of sp³-hybridized carbons (Fsp3) is 0.259. The first-order valence-corrected chi connectivity index (χ1v) is 11.2. The predicted octanol–water partition coefficient (Wildman–Crippen LogP) is 4.47. The molecular weight excluding hydrogens is 418 g/mol. The van der Waals surface area contributed by atoms with E-state index in [1.165, 1.54) is 5.56 Å². The van der Waals surface area contributed by atoms with E-state index >= 15 is 0 Å². The molecule has 2 aliphatic heterocycles. The third kappa shape index (κ3) is 3.98. The lowest BCUT2D eigenvalue weighted by molar-refractivity contribution is -0.895. The molecule has 0 saturated heterocycles. The molecule has 0 bridgehead atoms. The maximum atomic E-state index is 13.9. The molecule has 0 saturated carbocycles. The van der Waals surface area contributed by atoms with Crippen LogP contribution in [0.3, 0.4) is 0 Å². The van der Waals surface area contributed by atoms with Crippen molar-refractivity contribution in [3.05, 3.63) is 95.1 Å². The molecule has 2 atom stereocenters. The lowest BCUT2D eigenvalue weighted by Gasteiger charge is -2.46. The molecule has 0 spiro atoms. The van der Waals surface area contributed by atoms with Crippen molar-refractivity contribution in [2.45, 2.75) is 31.8 Å². The van der Waals surface area contributed by atoms with E-state index in [9.17, 15) is 14.7 Å². The van der Waals surface area contributed by atoms with Crippen LogP contribution in [0, 0.1) is 0 Å². The van der Waals surface area contributed by atoms with E-state index in [1.807, 2.05) is 48.5 Å². The van der Waals surface area contributed by atoms with Crippen molar-refractivity contribution < 1.29 is 28.7 Å². The summed E-state index contributed by atoms with van der Waals surface area (Å²) in [7, 11) is 0. The molecule has 3 aromatic carbocycles. The van der Waals surface area contributed by atoms with Gasteiger partial charge in [-0.05, 0) is 23.8 Å². The van der Waals surface area contributed by atoms with Gasteiger partial charge in [0.15, 0.2) is 11.5 Å². The van der Waals surface area contributed by atoms with Crippen molar-refractivity contribution in [1.82, 2.24) is 0 Å². The van der Waals surface area contributed by atoms with Gasteiger partial charge in [0, 0.05) is 23.1 Å². The summed E-state index contributed by atoms with van der Waals surface area (Å²) in [5.74, 6) is 0.361. The van der Waals surface area contributed by atoms with Crippen LogP contribution in [0.15, 0.2) is 72.8 Å². The highest BCUT2D eigenvalue weighted by molar-refractivity contribution is 5.77. The van der Waals surface area contributed by atoms with Crippen LogP contribution in [0.4, 0.5) is 0 Å². The number of carbonyl (C=O) groups excluding carboxylic acids is 1. The van der Waals surface area contributed by atoms with Crippen LogP contribution in [0.25, 0.3) is 0 Å². The number of carbonyl (C=O) groups is 2. The van der Waals surface area contributed by atoms with Crippen molar-refractivity contribution in [2.75, 3.05) is 13.3 Å². The molecule has 1 amide bonds. The van der Waals surface area contributed by atoms with E-state index in [4.69, 9.17) is 9.47 Å². The number of quaternary nitrogens is 1. The Kier molecular flexibility index (Phi) is 5.60. The molecule has 2 aliphatic rings. The Bertz CT molecular complexity index is 1190. The Labute approximate surface area is 192 Å². The molecule has 2 unspecified atom stereocenters. The first kappa shape index (κ1) is 21.2. The number of nitrogens with zero attached hydrogens (tertiary/aromatic N) is 1. The van der Waals surface area contributed by atoms with Crippen molar-refractivity contribution in [1.29, 1.82) is 0 Å². The fourth-order valence-corrected chi connectivity index (χ4v) is 5.17. The normalized spacial score (nSPS) is 20.8. The molecule has 33 heavy (non-hydrogen) atoms. The SMILES string of the molecule is O=C(O)CCC(=O)[N+]1(Cc2ccc3c(c2)OCO3)CCc2ccccc2C1c1ccccc1. The Morgan fingerprint density at radius 3 is 2.48 bits per heavy atom. The molecule has 168 valence electrons. The summed E-state index contributed by atoms with van der Waals surface area (Å²) in [6, 6.07) is 23.9. The molecular formula is C27H26NO5+. The summed E-state index contributed by atoms with van der Waals surface area (Å²) in [6.45, 7) is 1.24. The largest absolute Gasteiger partial charge is 0.481 e. The lowest BCUT2D eigenvalue weighted by Crippen LogP contribution is -2.58. The number of benzene rings is 3. The molecule has 0 aliphatic carbocycles. The fourth-order valence-electron chi connectivity index (χ4n) is 5.17. The molecule has 1 N–H and O–H groups in total. The molecule has 0 fully saturated rings. The van der Waals surface area contributed by atoms with Gasteiger partial charge >= 0.3 is 11.9 Å². The zero-order valence-corrected chi connectivity index (χ0v) is 18.3. The third-order valence-electron chi connectivity index (χ3n) is 6.69. The number of carboxylic acids is 1. The highest BCUT2D eigenvalue weighted by atomic mass is 16.7. The summed E-state index contributed by atoms with van der Waals surface area (Å²) in [5.41, 5.74) is 4.37. The Morgan fingerprint density at radius 1 is 0.909 bits per heavy atom. The van der Waals surface area contributed by atoms with E-state index in [0.29, 0.717) is 24.6 Å². The van der Waals surface area contributed by atoms with E-state index in [2.05, 4.69) is 24.3 Å². The first-order valence-electron chi connectivity index (χ1n) is 11.2. The summed E-state index contributed by atoms with van der Waals surface area (Å²) in [4.78, 5) is 25.2. The minimum absolute atomic E-state index is 0.00855. The zero-order valence-electron chi connectivity index (χ0n) is 18.3. The minimum Gasteiger partial charge on any atom is -0.481 e. The second kappa shape index (κ2) is 8.71. The molecule has 0 radical (unpaired) electrons. The average molecular weight is 445 g/mol. The van der Waals surface area contributed by atoms with Gasteiger partial charge in [-0.1, -0.05) is 54.6 Å². The van der Waals surface area contributed by atoms with Gasteiger partial charge in [-0.2, -0.15) is 0 Å². The quantitative estimate of drug-likeness (QED) is 0.568. The number of amides is 1. The summed E-state index contributed by atoms with van der Waals surface area (Å²) in [6.07, 6.45) is 0.567. The highest BCUT2D eigenvalue weighted by Crippen LogP contribution is 2.44. The number of aliphatic carboxylic acids is 1. The van der Waals surface area contributed by atoms with Crippen LogP contribution in [0.2, 0.25) is 0 Å². The van der Waals surface area contributed by atoms with Crippen molar-refractivity contribution in [3.63, 3.8) is 0 Å². The average Bonchev–Trinajstić information content (AvgIpc) is 3.30. The number of hydrogen-bond acceptors (Lipinski definition) is 4. The topological polar surface area (TPSA) is 72.8 Å². The van der Waals surface area contributed by atoms with Crippen molar-refractivity contribution in [3.8, 4) is 11.5 Å². The van der Waals surface area contributed by atoms with Gasteiger partial charge < -0.3 is 14.6 Å². The Morgan fingerprint density at radius 2 is 1.67 bits per heavy atom. The van der Waals surface area contributed by atoms with Gasteiger partial charge in [0.2, 0.25) is 6.79 Å². The maximum absolute atomic E-state index is 13.9. The van der Waals surface area contributed by atoms with Gasteiger partial charge in [0.05, 0.1) is 19.4 Å². The first-order chi connectivity index (χ1) is 16.1. The van der Waals surface area contributed by atoms with E-state index in [0.717, 1.165) is 23.1 Å². The molecule has 2 heterocycles. The van der Waals surface area contributed by atoms with Crippen LogP contribution in [-0.4, -0.2) is 34.8 Å². The molecule has 6 heteroatoms. The van der Waals surface area contributed by atoms with Crippen LogP contribution >= 0.6 is 0 Å². The van der Waals surface area contributed by atoms with Gasteiger partial charge in [0.1, 0.15) is 12.6 Å². The van der Waals surface area contributed by atoms with Gasteiger partial charge in [-0.3, -0.25) is 4.79 Å². The lowest BCUT2D eigenvalue weighted by atomic mass is 9.84. The van der Waals surface area contributed by atoms with Crippen LogP contribution in [-0.2, 0) is 22.6 Å². The number of rotatable bonds is 6. The van der Waals surface area contributed by atoms with Gasteiger partial charge in [0.25, 0.3) is 0 Å². The molecule has 0 aromatic heterocycles. The van der Waals surface area contributed by atoms with Crippen LogP contribution in [0.5, 0.6) is 11.5 Å². The number of hydrogen-bond donors (Lipinski definition) is 1. The number of ether oxygens (including phenoxy) is 2. The summed E-state index contributed by atoms with van der Waals surface area (Å²) in [5, 5.41) is 9.29. The second-order valence-electron chi connectivity index (χ2n) is 8.65. The zero-order chi connectivity index (χ0) is 22.8. The predicted molar refractivity (Wildman–Crippen MR) is 122 cm³/mol. The monoisotopic (exact) mass is 444 g/mol. The number of fused-ring (bicyclic) bond motifs is 2. The van der Waals surface area contributed by atoms with Gasteiger partial charge in [-0.15, -0.1) is 0 Å². The van der Waals surface area contributed by atoms with E-state index < -0.39 is 5.97 Å². The Hall–Kier alpha value is -3.64. The summed E-state index contributed by atoms with van der Waals surface area (Å²) >= 11 is 0. The van der Waals surface area contributed by atoms with Crippen molar-refractivity contribution in [2.24, 2.45) is 0 Å². The highest BCUT2D eigenvalue weighted by Gasteiger charge is 2.48. The molecule has 6 nitrogen and oxygen atoms in total. The maximum Gasteiger partial charge on any atom is 0.315 e. The molecule has 5 rings (SSSR count). The molecule has 3 aromatic rings. The summed E-state index contributed by atoms with van der Waals surface area (Å²) < 4.78 is 11.2. The van der Waals surface area contributed by atoms with E-state index in [1.54, 1.807) is 0 Å². The third-order valence-corrected chi connectivity index (χ3v) is 6.69. The number of carboxylic acid groups (broad SMARTS) is 1. The Balaban J connectivity index is 1.64.